The molecule has 0 saturated carbocycles. The summed E-state index contributed by atoms with van der Waals surface area (Å²) in [6.45, 7) is 0.568. The number of benzene rings is 1. The van der Waals surface area contributed by atoms with Crippen molar-refractivity contribution in [2.45, 2.75) is 24.9 Å². The first-order valence-electron chi connectivity index (χ1n) is 10.2. The number of nitrogens with two attached hydrogens (primary N) is 1. The highest BCUT2D eigenvalue weighted by molar-refractivity contribution is 5.97. The van der Waals surface area contributed by atoms with Gasteiger partial charge in [-0.2, -0.15) is 4.98 Å². The molecule has 1 aromatic carbocycles. The van der Waals surface area contributed by atoms with E-state index in [2.05, 4.69) is 25.9 Å². The maximum atomic E-state index is 12.3. The Hall–Kier alpha value is -4.82. The van der Waals surface area contributed by atoms with Gasteiger partial charge in [-0.15, -0.1) is 0 Å². The highest BCUT2D eigenvalue weighted by Crippen LogP contribution is 2.25. The highest BCUT2D eigenvalue weighted by Gasteiger charge is 2.29. The summed E-state index contributed by atoms with van der Waals surface area (Å²) in [5, 5.41) is 26.3. The quantitative estimate of drug-likeness (QED) is 0.134. The summed E-state index contributed by atoms with van der Waals surface area (Å²) in [7, 11) is 0. The van der Waals surface area contributed by atoms with Crippen molar-refractivity contribution >= 4 is 47.4 Å². The Bertz CT molecular complexity index is 1160. The van der Waals surface area contributed by atoms with Gasteiger partial charge in [-0.1, -0.05) is 0 Å². The molecule has 2 heterocycles. The fourth-order valence-electron chi connectivity index (χ4n) is 3.39. The van der Waals surface area contributed by atoms with Crippen LogP contribution in [0.1, 0.15) is 23.2 Å². The second-order valence-electron chi connectivity index (χ2n) is 7.45. The molecule has 2 unspecified atom stereocenters. The van der Waals surface area contributed by atoms with Crippen LogP contribution >= 0.6 is 0 Å². The topological polar surface area (TPSA) is 377 Å². The van der Waals surface area contributed by atoms with Crippen LogP contribution in [-0.4, -0.2) is 97.0 Å². The van der Waals surface area contributed by atoms with Crippen molar-refractivity contribution in [2.75, 3.05) is 34.4 Å². The number of rotatable bonds is 10. The number of aliphatic carboxylic acids is 2. The number of hydrogen-bond acceptors (Lipinski definition) is 9. The van der Waals surface area contributed by atoms with Crippen molar-refractivity contribution in [3.8, 4) is 0 Å². The Kier molecular flexibility index (Phi) is 16.7. The van der Waals surface area contributed by atoms with Gasteiger partial charge in [0.25, 0.3) is 11.5 Å². The fourth-order valence-corrected chi connectivity index (χ4v) is 3.39. The first kappa shape index (κ1) is 38.7. The summed E-state index contributed by atoms with van der Waals surface area (Å²) in [6.07, 6.45) is -0.101. The molecule has 0 aliphatic carbocycles. The Morgan fingerprint density at radius 2 is 1.74 bits per heavy atom. The molecule has 2 atom stereocenters. The molecule has 1 aromatic heterocycles. The number of nitrogen functional groups attached to an aromatic ring is 1. The van der Waals surface area contributed by atoms with E-state index in [1.54, 1.807) is 12.1 Å². The molecular formula is C20H33N7O12. The molecule has 2 amide bonds. The average molecular weight is 564 g/mol. The number of carbonyl (C=O) groups excluding carboxylic acids is 2. The van der Waals surface area contributed by atoms with Gasteiger partial charge >= 0.3 is 11.9 Å². The van der Waals surface area contributed by atoms with E-state index in [0.717, 1.165) is 0 Å². The number of hydrogen-bond donors (Lipinski definition) is 7. The average Bonchev–Trinajstić information content (AvgIpc) is 2.79. The molecule has 0 spiro atoms. The number of aromatic nitrogens is 2. The minimum atomic E-state index is -1.33. The lowest BCUT2D eigenvalue weighted by Gasteiger charge is -2.34. The Morgan fingerprint density at radius 1 is 1.13 bits per heavy atom. The monoisotopic (exact) mass is 563 g/mol. The summed E-state index contributed by atoms with van der Waals surface area (Å²) < 4.78 is 0. The largest absolute Gasteiger partial charge is 0.481 e. The van der Waals surface area contributed by atoms with Crippen molar-refractivity contribution in [3.63, 3.8) is 0 Å². The summed E-state index contributed by atoms with van der Waals surface area (Å²) >= 11 is 0. The molecule has 220 valence electrons. The summed E-state index contributed by atoms with van der Waals surface area (Å²) in [5.41, 5.74) is 5.84. The third-order valence-electron chi connectivity index (χ3n) is 5.12. The second kappa shape index (κ2) is 16.8. The first-order chi connectivity index (χ1) is 16.2. The molecule has 39 heavy (non-hydrogen) atoms. The van der Waals surface area contributed by atoms with Crippen LogP contribution in [0.4, 0.5) is 23.1 Å². The predicted octanol–water partition coefficient (Wildman–Crippen LogP) is -4.85. The van der Waals surface area contributed by atoms with Crippen LogP contribution in [0.3, 0.4) is 0 Å². The molecule has 19 nitrogen and oxygen atoms in total. The molecule has 2 aromatic rings. The number of carboxylic acid groups (broad SMARTS) is 2. The van der Waals surface area contributed by atoms with Crippen LogP contribution in [0.15, 0.2) is 29.1 Å². The van der Waals surface area contributed by atoms with E-state index in [1.807, 2.05) is 0 Å². The summed E-state index contributed by atoms with van der Waals surface area (Å²) in [4.78, 5) is 65.7. The minimum absolute atomic E-state index is 0. The van der Waals surface area contributed by atoms with Gasteiger partial charge in [-0.05, 0) is 30.7 Å². The minimum Gasteiger partial charge on any atom is -0.481 e. The Labute approximate surface area is 219 Å². The van der Waals surface area contributed by atoms with Crippen molar-refractivity contribution in [3.05, 3.63) is 40.2 Å². The van der Waals surface area contributed by atoms with Crippen LogP contribution in [0.5, 0.6) is 0 Å². The lowest BCUT2D eigenvalue weighted by molar-refractivity contribution is -0.140. The normalized spacial score (nSPS) is 13.4. The van der Waals surface area contributed by atoms with Crippen molar-refractivity contribution < 1.29 is 56.8 Å². The van der Waals surface area contributed by atoms with Gasteiger partial charge in [0, 0.05) is 30.8 Å². The third-order valence-corrected chi connectivity index (χ3v) is 5.12. The van der Waals surface area contributed by atoms with Crippen LogP contribution < -0.4 is 32.1 Å². The molecule has 0 saturated heterocycles. The molecule has 1 aliphatic heterocycles. The lowest BCUT2D eigenvalue weighted by atomic mass is 10.1. The van der Waals surface area contributed by atoms with E-state index in [-0.39, 0.29) is 63.4 Å². The SMILES string of the molecule is Nc1nc2c(c(=O)[nH]1)N(C=O)C(CNc1ccc(C(=O)NC(CCC(=O)O)C(=O)O)cc1)CN2.O.O.O.O.O. The van der Waals surface area contributed by atoms with Gasteiger partial charge in [-0.25, -0.2) is 4.79 Å². The molecular weight excluding hydrogens is 530 g/mol. The zero-order chi connectivity index (χ0) is 24.8. The van der Waals surface area contributed by atoms with E-state index in [1.165, 1.54) is 17.0 Å². The zero-order valence-electron chi connectivity index (χ0n) is 20.3. The molecule has 0 bridgehead atoms. The van der Waals surface area contributed by atoms with Gasteiger partial charge in [-0.3, -0.25) is 24.2 Å². The molecule has 1 aliphatic rings. The number of nitrogens with zero attached hydrogens (tertiary/aromatic N) is 2. The van der Waals surface area contributed by atoms with Crippen molar-refractivity contribution in [2.24, 2.45) is 0 Å². The molecule has 19 heteroatoms. The first-order valence-corrected chi connectivity index (χ1v) is 10.2. The van der Waals surface area contributed by atoms with Gasteiger partial charge in [0.2, 0.25) is 12.4 Å². The van der Waals surface area contributed by atoms with E-state index in [4.69, 9.17) is 10.8 Å². The molecule has 3 rings (SSSR count). The predicted molar refractivity (Wildman–Crippen MR) is 139 cm³/mol. The Morgan fingerprint density at radius 3 is 2.28 bits per heavy atom. The number of H-pyrrole nitrogens is 1. The van der Waals surface area contributed by atoms with Gasteiger partial charge in [0.1, 0.15) is 6.04 Å². The van der Waals surface area contributed by atoms with E-state index >= 15 is 0 Å². The number of nitrogens with one attached hydrogen (secondary N) is 4. The van der Waals surface area contributed by atoms with E-state index in [9.17, 15) is 29.1 Å². The van der Waals surface area contributed by atoms with Gasteiger partial charge < -0.3 is 64.2 Å². The smallest absolute Gasteiger partial charge is 0.326 e. The van der Waals surface area contributed by atoms with Crippen LogP contribution in [0, 0.1) is 0 Å². The number of carboxylic acids is 2. The maximum Gasteiger partial charge on any atom is 0.326 e. The number of amides is 2. The summed E-state index contributed by atoms with van der Waals surface area (Å²) in [6, 6.07) is 4.36. The lowest BCUT2D eigenvalue weighted by Crippen LogP contribution is -2.50. The second-order valence-corrected chi connectivity index (χ2v) is 7.45. The maximum absolute atomic E-state index is 12.3. The van der Waals surface area contributed by atoms with Gasteiger partial charge in [0.05, 0.1) is 6.04 Å². The van der Waals surface area contributed by atoms with Crippen molar-refractivity contribution in [1.29, 1.82) is 0 Å². The van der Waals surface area contributed by atoms with E-state index in [0.29, 0.717) is 18.6 Å². The highest BCUT2D eigenvalue weighted by atomic mass is 16.4. The van der Waals surface area contributed by atoms with Crippen LogP contribution in [-0.2, 0) is 14.4 Å². The van der Waals surface area contributed by atoms with Crippen molar-refractivity contribution in [1.82, 2.24) is 15.3 Å². The zero-order valence-corrected chi connectivity index (χ0v) is 20.3. The van der Waals surface area contributed by atoms with Crippen LogP contribution in [0.25, 0.3) is 0 Å². The van der Waals surface area contributed by atoms with Gasteiger partial charge in [0.15, 0.2) is 11.5 Å². The summed E-state index contributed by atoms with van der Waals surface area (Å²) in [5.74, 6) is -3.00. The van der Waals surface area contributed by atoms with E-state index < -0.39 is 41.9 Å². The molecule has 18 N–H and O–H groups in total. The number of aromatic amines is 1. The third kappa shape index (κ3) is 9.53. The molecule has 0 radical (unpaired) electrons. The number of carbonyl (C=O) groups is 4. The van der Waals surface area contributed by atoms with Crippen LogP contribution in [0.2, 0.25) is 0 Å². The standard InChI is InChI=1S/C20H23N7O7.5H2O/c21-20-25-16-15(18(32)26-20)27(9-28)12(8-23-16)7-22-11-3-1-10(2-4-11)17(31)24-13(19(33)34)5-6-14(29)30;;;;;/h1-4,9,12-13,22H,5-8H2,(H,24,31)(H,29,30)(H,33,34)(H4,21,23,25,26,32);5*1H2. The fraction of sp³-hybridized carbons (Fsp3) is 0.300. The number of anilines is 4. The number of fused-ring (bicyclic) bond motifs is 1. The Balaban J connectivity index is -0.00000259. The molecule has 0 fully saturated rings.